The zero-order chi connectivity index (χ0) is 10.8. The predicted molar refractivity (Wildman–Crippen MR) is 66.7 cm³/mol. The van der Waals surface area contributed by atoms with Gasteiger partial charge in [0.2, 0.25) is 9.04 Å². The van der Waals surface area contributed by atoms with Crippen LogP contribution in [0.2, 0.25) is 6.04 Å². The van der Waals surface area contributed by atoms with Gasteiger partial charge < -0.3 is 9.16 Å². The van der Waals surface area contributed by atoms with Crippen molar-refractivity contribution in [3.8, 4) is 0 Å². The van der Waals surface area contributed by atoms with Crippen LogP contribution in [0.15, 0.2) is 24.3 Å². The van der Waals surface area contributed by atoms with Crippen LogP contribution in [0.5, 0.6) is 0 Å². The number of epoxide rings is 1. The minimum atomic E-state index is -1.11. The third kappa shape index (κ3) is 2.37. The Morgan fingerprint density at radius 2 is 2.12 bits per heavy atom. The van der Waals surface area contributed by atoms with Crippen molar-refractivity contribution in [3.05, 3.63) is 29.8 Å². The van der Waals surface area contributed by atoms with Crippen LogP contribution in [0, 0.1) is 0 Å². The smallest absolute Gasteiger partial charge is 0.208 e. The summed E-state index contributed by atoms with van der Waals surface area (Å²) in [7, 11) is -1.11. The molecule has 0 radical (unpaired) electrons. The maximum absolute atomic E-state index is 6.00. The Morgan fingerprint density at radius 1 is 1.25 bits per heavy atom. The minimum absolute atomic E-state index is 0.485. The number of hydrogen-bond acceptors (Lipinski definition) is 2. The van der Waals surface area contributed by atoms with Gasteiger partial charge in [-0.3, -0.25) is 0 Å². The van der Waals surface area contributed by atoms with E-state index in [9.17, 15) is 0 Å². The van der Waals surface area contributed by atoms with Crippen molar-refractivity contribution in [3.63, 3.8) is 0 Å². The molecule has 1 aromatic carbocycles. The molecule has 0 N–H and O–H groups in total. The second kappa shape index (κ2) is 4.70. The van der Waals surface area contributed by atoms with Crippen molar-refractivity contribution >= 4 is 14.2 Å². The molecule has 86 valence electrons. The fraction of sp³-hybridized carbons (Fsp3) is 0.538. The predicted octanol–water partition coefficient (Wildman–Crippen LogP) is 1.37. The second-order valence-corrected chi connectivity index (χ2v) is 7.22. The van der Waals surface area contributed by atoms with Crippen LogP contribution in [-0.2, 0) is 15.6 Å². The molecule has 2 aliphatic heterocycles. The van der Waals surface area contributed by atoms with Gasteiger partial charge in [0.15, 0.2) is 0 Å². The molecule has 0 spiro atoms. The summed E-state index contributed by atoms with van der Waals surface area (Å²) in [6, 6.07) is 10.1. The summed E-state index contributed by atoms with van der Waals surface area (Å²) in [6.07, 6.45) is 4.17. The molecule has 16 heavy (non-hydrogen) atoms. The molecule has 3 heteroatoms. The summed E-state index contributed by atoms with van der Waals surface area (Å²) in [5.41, 5.74) is 1.48. The summed E-state index contributed by atoms with van der Waals surface area (Å²) in [4.78, 5) is 0. The molecule has 2 saturated heterocycles. The monoisotopic (exact) mass is 234 g/mol. The van der Waals surface area contributed by atoms with Crippen molar-refractivity contribution in [1.82, 2.24) is 0 Å². The van der Waals surface area contributed by atoms with Gasteiger partial charge in [-0.15, -0.1) is 0 Å². The van der Waals surface area contributed by atoms with Crippen LogP contribution in [0.1, 0.15) is 18.4 Å². The largest absolute Gasteiger partial charge is 0.415 e. The normalized spacial score (nSPS) is 29.0. The average molecular weight is 234 g/mol. The lowest BCUT2D eigenvalue weighted by molar-refractivity contribution is 0.294. The highest BCUT2D eigenvalue weighted by atomic mass is 28.3. The Labute approximate surface area is 98.3 Å². The van der Waals surface area contributed by atoms with Crippen molar-refractivity contribution in [2.24, 2.45) is 0 Å². The number of hydrogen-bond donors (Lipinski definition) is 0. The van der Waals surface area contributed by atoms with Gasteiger partial charge in [-0.25, -0.2) is 0 Å². The summed E-state index contributed by atoms with van der Waals surface area (Å²) >= 11 is 0. The van der Waals surface area contributed by atoms with E-state index in [1.165, 1.54) is 29.6 Å². The van der Waals surface area contributed by atoms with Crippen LogP contribution < -0.4 is 5.19 Å². The summed E-state index contributed by atoms with van der Waals surface area (Å²) in [5, 5.41) is 1.53. The lowest BCUT2D eigenvalue weighted by Gasteiger charge is -2.23. The zero-order valence-electron chi connectivity index (χ0n) is 9.52. The van der Waals surface area contributed by atoms with Gasteiger partial charge in [-0.2, -0.15) is 0 Å². The lowest BCUT2D eigenvalue weighted by atomic mass is 10.1. The van der Waals surface area contributed by atoms with Gasteiger partial charge in [0.1, 0.15) is 0 Å². The first-order chi connectivity index (χ1) is 7.93. The van der Waals surface area contributed by atoms with Gasteiger partial charge >= 0.3 is 0 Å². The van der Waals surface area contributed by atoms with Crippen LogP contribution in [-0.4, -0.2) is 28.4 Å². The number of ether oxygens (including phenoxy) is 1. The SMILES string of the molecule is c1ccc([SiH]2CCCCO2)c(CC2CO2)c1. The molecule has 2 heterocycles. The first-order valence-corrected chi connectivity index (χ1v) is 8.11. The van der Waals surface area contributed by atoms with E-state index in [1.807, 2.05) is 0 Å². The highest BCUT2D eigenvalue weighted by Crippen LogP contribution is 2.18. The maximum atomic E-state index is 6.00. The van der Waals surface area contributed by atoms with E-state index in [-0.39, 0.29) is 0 Å². The van der Waals surface area contributed by atoms with E-state index in [1.54, 1.807) is 0 Å². The second-order valence-electron chi connectivity index (χ2n) is 4.71. The van der Waals surface area contributed by atoms with Crippen LogP contribution >= 0.6 is 0 Å². The summed E-state index contributed by atoms with van der Waals surface area (Å²) in [5.74, 6) is 0. The van der Waals surface area contributed by atoms with Gasteiger partial charge in [0.25, 0.3) is 0 Å². The zero-order valence-corrected chi connectivity index (χ0v) is 10.7. The van der Waals surface area contributed by atoms with Crippen molar-refractivity contribution in [2.45, 2.75) is 31.4 Å². The van der Waals surface area contributed by atoms with Gasteiger partial charge in [0, 0.05) is 13.0 Å². The molecule has 2 fully saturated rings. The van der Waals surface area contributed by atoms with Gasteiger partial charge in [0.05, 0.1) is 12.7 Å². The molecular weight excluding hydrogens is 216 g/mol. The van der Waals surface area contributed by atoms with Gasteiger partial charge in [-0.1, -0.05) is 30.7 Å². The third-order valence-corrected chi connectivity index (χ3v) is 6.26. The molecule has 2 unspecified atom stereocenters. The van der Waals surface area contributed by atoms with Crippen LogP contribution in [0.25, 0.3) is 0 Å². The van der Waals surface area contributed by atoms with E-state index in [0.29, 0.717) is 6.10 Å². The lowest BCUT2D eigenvalue weighted by Crippen LogP contribution is -2.38. The number of rotatable bonds is 3. The quantitative estimate of drug-likeness (QED) is 0.582. The fourth-order valence-electron chi connectivity index (χ4n) is 2.45. The van der Waals surface area contributed by atoms with E-state index in [4.69, 9.17) is 9.16 Å². The molecule has 1 aromatic rings. The Balaban J connectivity index is 1.79. The summed E-state index contributed by atoms with van der Waals surface area (Å²) < 4.78 is 11.3. The van der Waals surface area contributed by atoms with E-state index in [2.05, 4.69) is 24.3 Å². The van der Waals surface area contributed by atoms with Crippen molar-refractivity contribution < 1.29 is 9.16 Å². The average Bonchev–Trinajstić information content (AvgIpc) is 3.15. The topological polar surface area (TPSA) is 21.8 Å². The van der Waals surface area contributed by atoms with Crippen molar-refractivity contribution in [2.75, 3.05) is 13.2 Å². The molecule has 0 saturated carbocycles. The highest BCUT2D eigenvalue weighted by Gasteiger charge is 2.26. The fourth-order valence-corrected chi connectivity index (χ4v) is 5.17. The molecule has 2 aliphatic rings. The van der Waals surface area contributed by atoms with Crippen LogP contribution in [0.3, 0.4) is 0 Å². The highest BCUT2D eigenvalue weighted by molar-refractivity contribution is 6.68. The third-order valence-electron chi connectivity index (χ3n) is 3.43. The molecule has 0 aliphatic carbocycles. The maximum Gasteiger partial charge on any atom is 0.208 e. The Kier molecular flexibility index (Phi) is 3.08. The molecule has 0 amide bonds. The molecular formula is C13H18O2Si. The molecule has 0 aromatic heterocycles. The number of benzene rings is 1. The van der Waals surface area contributed by atoms with E-state index in [0.717, 1.165) is 19.6 Å². The van der Waals surface area contributed by atoms with Gasteiger partial charge in [-0.05, 0) is 23.2 Å². The molecule has 2 nitrogen and oxygen atoms in total. The van der Waals surface area contributed by atoms with E-state index >= 15 is 0 Å². The Bertz CT molecular complexity index is 357. The Hall–Kier alpha value is -0.643. The Morgan fingerprint density at radius 3 is 2.88 bits per heavy atom. The molecule has 0 bridgehead atoms. The van der Waals surface area contributed by atoms with E-state index < -0.39 is 9.04 Å². The minimum Gasteiger partial charge on any atom is -0.415 e. The first-order valence-electron chi connectivity index (χ1n) is 6.24. The standard InChI is InChI=1S/C13H18O2Si/c1-2-6-13(16-8-4-3-7-15-16)11(5-1)9-12-10-14-12/h1-2,5-6,12,16H,3-4,7-10H2. The molecule has 3 rings (SSSR count). The van der Waals surface area contributed by atoms with Crippen LogP contribution in [0.4, 0.5) is 0 Å². The summed E-state index contributed by atoms with van der Waals surface area (Å²) in [6.45, 7) is 1.92. The first kappa shape index (κ1) is 10.5. The van der Waals surface area contributed by atoms with Crippen molar-refractivity contribution in [1.29, 1.82) is 0 Å². The molecule has 2 atom stereocenters.